The number of nitrogens with one attached hydrogen (secondary N) is 2. The van der Waals surface area contributed by atoms with E-state index in [0.717, 1.165) is 5.69 Å². The molecule has 2 N–H and O–H groups in total. The summed E-state index contributed by atoms with van der Waals surface area (Å²) < 4.78 is 0. The van der Waals surface area contributed by atoms with Gasteiger partial charge in [-0.1, -0.05) is 30.3 Å². The van der Waals surface area contributed by atoms with E-state index in [1.807, 2.05) is 48.5 Å². The quantitative estimate of drug-likeness (QED) is 0.761. The van der Waals surface area contributed by atoms with Crippen molar-refractivity contribution >= 4 is 22.5 Å². The normalized spacial score (nSPS) is 10.6. The van der Waals surface area contributed by atoms with E-state index in [-0.39, 0.29) is 11.5 Å². The molecular formula is C18H17N3O2. The number of amides is 1. The minimum atomic E-state index is -0.140. The number of hydrogen-bond donors (Lipinski definition) is 2. The highest BCUT2D eigenvalue weighted by atomic mass is 16.1. The first-order valence-electron chi connectivity index (χ1n) is 7.55. The molecule has 2 aromatic carbocycles. The Morgan fingerprint density at radius 2 is 1.78 bits per heavy atom. The van der Waals surface area contributed by atoms with Crippen LogP contribution in [0.1, 0.15) is 18.7 Å². The van der Waals surface area contributed by atoms with Gasteiger partial charge in [0.05, 0.1) is 10.9 Å². The molecule has 0 atom stereocenters. The summed E-state index contributed by atoms with van der Waals surface area (Å²) in [7, 11) is 0. The minimum absolute atomic E-state index is 0.0423. The van der Waals surface area contributed by atoms with E-state index in [9.17, 15) is 9.59 Å². The molecule has 0 saturated heterocycles. The molecule has 23 heavy (non-hydrogen) atoms. The monoisotopic (exact) mass is 307 g/mol. The largest absolute Gasteiger partial charge is 0.326 e. The third-order valence-electron chi connectivity index (χ3n) is 3.54. The topological polar surface area (TPSA) is 74.8 Å². The number of fused-ring (bicyclic) bond motifs is 1. The first-order valence-corrected chi connectivity index (χ1v) is 7.55. The molecule has 0 bridgehead atoms. The second kappa shape index (κ2) is 6.87. The number of H-pyrrole nitrogens is 1. The highest BCUT2D eigenvalue weighted by Crippen LogP contribution is 2.09. The molecule has 0 spiro atoms. The SMILES string of the molecule is O=C(CCCc1nc2ccccc2c(=O)[nH]1)Nc1ccccc1. The van der Waals surface area contributed by atoms with Crippen LogP contribution in [0.4, 0.5) is 5.69 Å². The van der Waals surface area contributed by atoms with E-state index < -0.39 is 0 Å². The molecule has 0 aliphatic heterocycles. The fourth-order valence-electron chi connectivity index (χ4n) is 2.41. The average molecular weight is 307 g/mol. The molecule has 3 aromatic rings. The van der Waals surface area contributed by atoms with E-state index in [1.54, 1.807) is 6.07 Å². The Morgan fingerprint density at radius 3 is 2.61 bits per heavy atom. The van der Waals surface area contributed by atoms with E-state index in [0.29, 0.717) is 36.0 Å². The molecule has 0 radical (unpaired) electrons. The third-order valence-corrected chi connectivity index (χ3v) is 3.54. The summed E-state index contributed by atoms with van der Waals surface area (Å²) in [6.07, 6.45) is 1.56. The van der Waals surface area contributed by atoms with Crippen molar-refractivity contribution in [2.75, 3.05) is 5.32 Å². The number of nitrogens with zero attached hydrogens (tertiary/aromatic N) is 1. The molecule has 3 rings (SSSR count). The molecule has 1 amide bonds. The summed E-state index contributed by atoms with van der Waals surface area (Å²) in [4.78, 5) is 31.0. The Balaban J connectivity index is 1.58. The van der Waals surface area contributed by atoms with Gasteiger partial charge < -0.3 is 10.3 Å². The van der Waals surface area contributed by atoms with Crippen LogP contribution in [-0.4, -0.2) is 15.9 Å². The standard InChI is InChI=1S/C18H17N3O2/c22-17(19-13-7-2-1-3-8-13)12-6-11-16-20-15-10-5-4-9-14(15)18(23)21-16/h1-5,7-10H,6,11-12H2,(H,19,22)(H,20,21,23). The van der Waals surface area contributed by atoms with Crippen molar-refractivity contribution in [3.63, 3.8) is 0 Å². The van der Waals surface area contributed by atoms with Gasteiger partial charge in [-0.25, -0.2) is 4.98 Å². The van der Waals surface area contributed by atoms with Gasteiger partial charge in [-0.3, -0.25) is 9.59 Å². The third kappa shape index (κ3) is 3.83. The van der Waals surface area contributed by atoms with Gasteiger partial charge in [-0.05, 0) is 30.7 Å². The maximum atomic E-state index is 12.0. The van der Waals surface area contributed by atoms with Gasteiger partial charge in [0, 0.05) is 18.5 Å². The number of benzene rings is 2. The molecule has 0 saturated carbocycles. The summed E-state index contributed by atoms with van der Waals surface area (Å²) in [6, 6.07) is 16.6. The molecule has 0 aliphatic carbocycles. The van der Waals surface area contributed by atoms with Gasteiger partial charge >= 0.3 is 0 Å². The van der Waals surface area contributed by atoms with Crippen LogP contribution in [0.25, 0.3) is 10.9 Å². The van der Waals surface area contributed by atoms with Crippen molar-refractivity contribution in [3.05, 3.63) is 70.8 Å². The smallest absolute Gasteiger partial charge is 0.258 e. The summed E-state index contributed by atoms with van der Waals surface area (Å²) >= 11 is 0. The molecule has 0 unspecified atom stereocenters. The van der Waals surface area contributed by atoms with Crippen LogP contribution < -0.4 is 10.9 Å². The Labute approximate surface area is 133 Å². The van der Waals surface area contributed by atoms with Crippen LogP contribution in [0, 0.1) is 0 Å². The molecule has 1 heterocycles. The van der Waals surface area contributed by atoms with Crippen LogP contribution in [0.15, 0.2) is 59.4 Å². The van der Waals surface area contributed by atoms with Gasteiger partial charge in [-0.2, -0.15) is 0 Å². The Morgan fingerprint density at radius 1 is 1.04 bits per heavy atom. The lowest BCUT2D eigenvalue weighted by atomic mass is 10.2. The average Bonchev–Trinajstić information content (AvgIpc) is 2.56. The summed E-state index contributed by atoms with van der Waals surface area (Å²) in [5.74, 6) is 0.570. The Hall–Kier alpha value is -2.95. The number of rotatable bonds is 5. The van der Waals surface area contributed by atoms with Crippen LogP contribution in [0.3, 0.4) is 0 Å². The van der Waals surface area contributed by atoms with Gasteiger partial charge in [0.1, 0.15) is 5.82 Å². The predicted octanol–water partition coefficient (Wildman–Crippen LogP) is 2.88. The van der Waals surface area contributed by atoms with Crippen molar-refractivity contribution in [2.45, 2.75) is 19.3 Å². The summed E-state index contributed by atoms with van der Waals surface area (Å²) in [5, 5.41) is 3.42. The van der Waals surface area contributed by atoms with E-state index in [1.165, 1.54) is 0 Å². The van der Waals surface area contributed by atoms with Crippen LogP contribution in [-0.2, 0) is 11.2 Å². The number of aromatic amines is 1. The van der Waals surface area contributed by atoms with E-state index in [4.69, 9.17) is 0 Å². The highest BCUT2D eigenvalue weighted by Gasteiger charge is 2.06. The van der Waals surface area contributed by atoms with E-state index >= 15 is 0 Å². The van der Waals surface area contributed by atoms with Gasteiger partial charge in [0.15, 0.2) is 0 Å². The number of carbonyl (C=O) groups excluding carboxylic acids is 1. The number of carbonyl (C=O) groups is 1. The molecule has 0 aliphatic rings. The highest BCUT2D eigenvalue weighted by molar-refractivity contribution is 5.90. The molecule has 116 valence electrons. The van der Waals surface area contributed by atoms with Crippen molar-refractivity contribution in [1.82, 2.24) is 9.97 Å². The van der Waals surface area contributed by atoms with Gasteiger partial charge in [0.25, 0.3) is 5.56 Å². The lowest BCUT2D eigenvalue weighted by molar-refractivity contribution is -0.116. The lowest BCUT2D eigenvalue weighted by Crippen LogP contribution is -2.14. The molecule has 0 fully saturated rings. The first kappa shape index (κ1) is 15.0. The number of para-hydroxylation sites is 2. The number of aryl methyl sites for hydroxylation is 1. The summed E-state index contributed by atoms with van der Waals surface area (Å²) in [5.41, 5.74) is 1.33. The van der Waals surface area contributed by atoms with Gasteiger partial charge in [0.2, 0.25) is 5.91 Å². The fraction of sp³-hybridized carbons (Fsp3) is 0.167. The second-order valence-electron chi connectivity index (χ2n) is 5.30. The number of hydrogen-bond acceptors (Lipinski definition) is 3. The van der Waals surface area contributed by atoms with Crippen molar-refractivity contribution < 1.29 is 4.79 Å². The first-order chi connectivity index (χ1) is 11.2. The van der Waals surface area contributed by atoms with Crippen molar-refractivity contribution in [2.24, 2.45) is 0 Å². The zero-order valence-electron chi connectivity index (χ0n) is 12.6. The maximum absolute atomic E-state index is 12.0. The van der Waals surface area contributed by atoms with Crippen LogP contribution in [0.2, 0.25) is 0 Å². The number of aromatic nitrogens is 2. The molecule has 5 heteroatoms. The summed E-state index contributed by atoms with van der Waals surface area (Å²) in [6.45, 7) is 0. The van der Waals surface area contributed by atoms with E-state index in [2.05, 4.69) is 15.3 Å². The van der Waals surface area contributed by atoms with Crippen LogP contribution >= 0.6 is 0 Å². The molecular weight excluding hydrogens is 290 g/mol. The van der Waals surface area contributed by atoms with Gasteiger partial charge in [-0.15, -0.1) is 0 Å². The molecule has 5 nitrogen and oxygen atoms in total. The Bertz CT molecular complexity index is 872. The minimum Gasteiger partial charge on any atom is -0.326 e. The van der Waals surface area contributed by atoms with Crippen molar-refractivity contribution in [1.29, 1.82) is 0 Å². The van der Waals surface area contributed by atoms with Crippen molar-refractivity contribution in [3.8, 4) is 0 Å². The number of anilines is 1. The lowest BCUT2D eigenvalue weighted by Gasteiger charge is -2.05. The fourth-order valence-corrected chi connectivity index (χ4v) is 2.41. The molecule has 1 aromatic heterocycles. The van der Waals surface area contributed by atoms with Crippen LogP contribution in [0.5, 0.6) is 0 Å². The zero-order chi connectivity index (χ0) is 16.1. The zero-order valence-corrected chi connectivity index (χ0v) is 12.6. The predicted molar refractivity (Wildman–Crippen MR) is 90.4 cm³/mol. The Kier molecular flexibility index (Phi) is 4.47. The second-order valence-corrected chi connectivity index (χ2v) is 5.30. The maximum Gasteiger partial charge on any atom is 0.258 e.